The van der Waals surface area contributed by atoms with Gasteiger partial charge in [0, 0.05) is 0 Å². The van der Waals surface area contributed by atoms with Crippen molar-refractivity contribution >= 4 is 23.1 Å². The molecule has 0 aromatic heterocycles. The van der Waals surface area contributed by atoms with Crippen LogP contribution in [0.1, 0.15) is 16.7 Å². The topological polar surface area (TPSA) is 9.23 Å². The van der Waals surface area contributed by atoms with Crippen molar-refractivity contribution in [1.29, 1.82) is 0 Å². The van der Waals surface area contributed by atoms with Crippen LogP contribution in [0, 0.1) is 19.9 Å². The van der Waals surface area contributed by atoms with E-state index in [1.165, 1.54) is 11.1 Å². The second-order valence-corrected chi connectivity index (χ2v) is 3.94. The molecule has 2 aromatic rings. The van der Waals surface area contributed by atoms with Crippen LogP contribution in [0.5, 0.6) is 5.75 Å². The van der Waals surface area contributed by atoms with Crippen molar-refractivity contribution in [1.82, 2.24) is 0 Å². The fourth-order valence-corrected chi connectivity index (χ4v) is 1.49. The molecule has 0 aliphatic heterocycles. The number of rotatable bonds is 3. The SMILES string of the molecule is Cc1ccc(OCc2cc[c-]cc2)cc1C.[Br-].[Mg+2]. The average Bonchev–Trinajstić information content (AvgIpc) is 2.32. The van der Waals surface area contributed by atoms with E-state index in [1.807, 2.05) is 30.3 Å². The van der Waals surface area contributed by atoms with Gasteiger partial charge in [0.25, 0.3) is 0 Å². The first-order valence-electron chi connectivity index (χ1n) is 5.41. The first kappa shape index (κ1) is 17.5. The predicted molar refractivity (Wildman–Crippen MR) is 71.3 cm³/mol. The van der Waals surface area contributed by atoms with Crippen LogP contribution >= 0.6 is 0 Å². The third-order valence-corrected chi connectivity index (χ3v) is 2.67. The van der Waals surface area contributed by atoms with Crippen molar-refractivity contribution in [2.45, 2.75) is 20.5 Å². The second-order valence-electron chi connectivity index (χ2n) is 3.94. The summed E-state index contributed by atoms with van der Waals surface area (Å²) in [4.78, 5) is 0. The summed E-state index contributed by atoms with van der Waals surface area (Å²) in [5.74, 6) is 0.927. The minimum absolute atomic E-state index is 0. The van der Waals surface area contributed by atoms with Crippen LogP contribution in [0.2, 0.25) is 0 Å². The molecule has 0 heterocycles. The first-order valence-corrected chi connectivity index (χ1v) is 5.41. The molecular weight excluding hydrogens is 300 g/mol. The molecule has 90 valence electrons. The van der Waals surface area contributed by atoms with E-state index in [-0.39, 0.29) is 40.0 Å². The number of hydrogen-bond donors (Lipinski definition) is 0. The van der Waals surface area contributed by atoms with Gasteiger partial charge in [-0.2, -0.15) is 30.3 Å². The van der Waals surface area contributed by atoms with E-state index in [0.717, 1.165) is 11.3 Å². The Balaban J connectivity index is 0.00000144. The van der Waals surface area contributed by atoms with Gasteiger partial charge >= 0.3 is 23.1 Å². The van der Waals surface area contributed by atoms with Crippen molar-refractivity contribution in [2.75, 3.05) is 0 Å². The van der Waals surface area contributed by atoms with Gasteiger partial charge in [0.1, 0.15) is 5.75 Å². The van der Waals surface area contributed by atoms with Crippen LogP contribution in [0.25, 0.3) is 0 Å². The molecule has 0 radical (unpaired) electrons. The molecule has 0 aliphatic carbocycles. The fraction of sp³-hybridized carbons (Fsp3) is 0.200. The van der Waals surface area contributed by atoms with Crippen molar-refractivity contribution in [3.05, 3.63) is 65.2 Å². The molecule has 0 amide bonds. The summed E-state index contributed by atoms with van der Waals surface area (Å²) >= 11 is 0. The normalized spacial score (nSPS) is 9.00. The van der Waals surface area contributed by atoms with E-state index in [2.05, 4.69) is 32.0 Å². The van der Waals surface area contributed by atoms with E-state index in [1.54, 1.807) is 0 Å². The van der Waals surface area contributed by atoms with Gasteiger partial charge in [-0.05, 0) is 37.1 Å². The Bertz CT molecular complexity index is 471. The maximum atomic E-state index is 5.71. The van der Waals surface area contributed by atoms with Crippen LogP contribution in [0.15, 0.2) is 42.5 Å². The van der Waals surface area contributed by atoms with E-state index < -0.39 is 0 Å². The van der Waals surface area contributed by atoms with E-state index in [4.69, 9.17) is 4.74 Å². The monoisotopic (exact) mass is 314 g/mol. The van der Waals surface area contributed by atoms with Gasteiger partial charge in [-0.3, -0.25) is 0 Å². The van der Waals surface area contributed by atoms with Gasteiger partial charge in [-0.25, -0.2) is 0 Å². The molecule has 0 fully saturated rings. The zero-order valence-electron chi connectivity index (χ0n) is 10.7. The summed E-state index contributed by atoms with van der Waals surface area (Å²) in [6.45, 7) is 4.81. The minimum Gasteiger partial charge on any atom is -1.00 e. The molecule has 0 atom stereocenters. The van der Waals surface area contributed by atoms with Gasteiger partial charge in [0.2, 0.25) is 0 Å². The third-order valence-electron chi connectivity index (χ3n) is 2.67. The van der Waals surface area contributed by atoms with Crippen LogP contribution in [-0.4, -0.2) is 23.1 Å². The summed E-state index contributed by atoms with van der Waals surface area (Å²) in [6.07, 6.45) is 0. The molecule has 1 nitrogen and oxygen atoms in total. The maximum Gasteiger partial charge on any atom is 2.00 e. The quantitative estimate of drug-likeness (QED) is 0.585. The second kappa shape index (κ2) is 8.56. The largest absolute Gasteiger partial charge is 2.00 e. The summed E-state index contributed by atoms with van der Waals surface area (Å²) in [7, 11) is 0. The van der Waals surface area contributed by atoms with Crippen LogP contribution in [-0.2, 0) is 6.61 Å². The van der Waals surface area contributed by atoms with Crippen molar-refractivity contribution in [3.63, 3.8) is 0 Å². The number of benzene rings is 2. The summed E-state index contributed by atoms with van der Waals surface area (Å²) in [5.41, 5.74) is 3.72. The zero-order valence-corrected chi connectivity index (χ0v) is 13.7. The number of hydrogen-bond acceptors (Lipinski definition) is 1. The Hall–Kier alpha value is -0.514. The molecule has 0 N–H and O–H groups in total. The van der Waals surface area contributed by atoms with Gasteiger partial charge < -0.3 is 21.7 Å². The molecule has 0 spiro atoms. The fourth-order valence-electron chi connectivity index (χ4n) is 1.49. The zero-order chi connectivity index (χ0) is 11.4. The Morgan fingerprint density at radius 1 is 1.00 bits per heavy atom. The van der Waals surface area contributed by atoms with Crippen LogP contribution in [0.4, 0.5) is 0 Å². The van der Waals surface area contributed by atoms with Gasteiger partial charge in [0.15, 0.2) is 0 Å². The third kappa shape index (κ3) is 5.00. The number of aryl methyl sites for hydroxylation is 2. The smallest absolute Gasteiger partial charge is 1.00 e. The van der Waals surface area contributed by atoms with Crippen molar-refractivity contribution in [2.24, 2.45) is 0 Å². The number of ether oxygens (including phenoxy) is 1. The molecule has 18 heavy (non-hydrogen) atoms. The van der Waals surface area contributed by atoms with E-state index >= 15 is 0 Å². The molecular formula is C15H15BrMgO. The minimum atomic E-state index is 0. The molecule has 0 saturated heterocycles. The molecule has 2 rings (SSSR count). The Kier molecular flexibility index (Phi) is 8.32. The van der Waals surface area contributed by atoms with Crippen molar-refractivity contribution < 1.29 is 21.7 Å². The molecule has 3 heteroatoms. The Labute approximate surface area is 135 Å². The predicted octanol–water partition coefficient (Wildman–Crippen LogP) is 0.306. The molecule has 0 saturated carbocycles. The van der Waals surface area contributed by atoms with E-state index in [9.17, 15) is 0 Å². The maximum absolute atomic E-state index is 5.71. The summed E-state index contributed by atoms with van der Waals surface area (Å²) in [5, 5.41) is 0. The Morgan fingerprint density at radius 2 is 1.67 bits per heavy atom. The standard InChI is InChI=1S/C15H15O.BrH.Mg/c1-12-8-9-15(10-13(12)2)16-11-14-6-4-3-5-7-14;;/h4-10H,11H2,1-2H3;1H;/q-1;;+2/p-1. The van der Waals surface area contributed by atoms with Gasteiger partial charge in [0.05, 0.1) is 6.61 Å². The summed E-state index contributed by atoms with van der Waals surface area (Å²) < 4.78 is 5.71. The van der Waals surface area contributed by atoms with Crippen LogP contribution in [0.3, 0.4) is 0 Å². The molecule has 0 aliphatic rings. The number of halogens is 1. The van der Waals surface area contributed by atoms with Crippen molar-refractivity contribution in [3.8, 4) is 5.75 Å². The first-order chi connectivity index (χ1) is 7.75. The average molecular weight is 315 g/mol. The van der Waals surface area contributed by atoms with Gasteiger partial charge in [-0.15, -0.1) is 5.56 Å². The summed E-state index contributed by atoms with van der Waals surface area (Å²) in [6, 6.07) is 17.0. The van der Waals surface area contributed by atoms with E-state index in [0.29, 0.717) is 6.61 Å². The molecule has 0 bridgehead atoms. The Morgan fingerprint density at radius 3 is 2.28 bits per heavy atom. The van der Waals surface area contributed by atoms with Crippen LogP contribution < -0.4 is 21.7 Å². The molecule has 0 unspecified atom stereocenters. The van der Waals surface area contributed by atoms with Gasteiger partial charge in [-0.1, -0.05) is 6.07 Å². The molecule has 2 aromatic carbocycles.